The van der Waals surface area contributed by atoms with E-state index in [9.17, 15) is 9.59 Å². The summed E-state index contributed by atoms with van der Waals surface area (Å²) in [6, 6.07) is 36.4. The number of carbonyl (C=O) groups excluding carboxylic acids is 6. The van der Waals surface area contributed by atoms with E-state index in [0.717, 1.165) is 96.3 Å². The zero-order chi connectivity index (χ0) is 58.2. The molecule has 15 heteroatoms. The van der Waals surface area contributed by atoms with Crippen molar-refractivity contribution in [2.75, 3.05) is 64.5 Å². The third-order valence-electron chi connectivity index (χ3n) is 17.2. The van der Waals surface area contributed by atoms with E-state index in [-0.39, 0.29) is 50.6 Å². The molecule has 0 atom stereocenters. The van der Waals surface area contributed by atoms with Gasteiger partial charge in [0.25, 0.3) is 35.4 Å². The first-order chi connectivity index (χ1) is 39.1. The maximum atomic E-state index is 15.2. The van der Waals surface area contributed by atoms with Gasteiger partial charge in [-0.3, -0.25) is 38.7 Å². The van der Waals surface area contributed by atoms with E-state index in [2.05, 4.69) is 83.5 Å². The molecule has 4 aliphatic rings. The summed E-state index contributed by atoms with van der Waals surface area (Å²) in [6.45, 7) is 22.7. The minimum Gasteiger partial charge on any atom is -0.497 e. The normalized spacial score (nSPS) is 15.7. The number of imide groups is 3. The fourth-order valence-corrected chi connectivity index (χ4v) is 12.9. The summed E-state index contributed by atoms with van der Waals surface area (Å²) >= 11 is 0. The summed E-state index contributed by atoms with van der Waals surface area (Å²) in [7, 11) is -0.657. The molecule has 0 spiro atoms. The maximum Gasteiger partial charge on any atom is 0.265 e. The Morgan fingerprint density at radius 1 is 0.500 bits per heavy atom. The molecule has 6 amide bonds. The van der Waals surface area contributed by atoms with Crippen molar-refractivity contribution in [1.82, 2.24) is 4.90 Å². The molecule has 7 aromatic carbocycles. The van der Waals surface area contributed by atoms with Crippen LogP contribution in [0.3, 0.4) is 0 Å². The topological polar surface area (TPSA) is 140 Å². The number of ether oxygens (including phenoxy) is 1. The van der Waals surface area contributed by atoms with E-state index in [1.54, 1.807) is 61.7 Å². The van der Waals surface area contributed by atoms with E-state index >= 15 is 19.2 Å². The van der Waals surface area contributed by atoms with Crippen molar-refractivity contribution in [2.45, 2.75) is 111 Å². The first-order valence-electron chi connectivity index (χ1n) is 28.8. The molecule has 0 bridgehead atoms. The van der Waals surface area contributed by atoms with E-state index < -0.39 is 49.3 Å². The molecule has 0 N–H and O–H groups in total. The summed E-state index contributed by atoms with van der Waals surface area (Å²) in [5.74, 6) is -2.56. The maximum absolute atomic E-state index is 15.2. The number of methoxy groups -OCH3 is 1. The first-order valence-corrected chi connectivity index (χ1v) is 31.7. The molecule has 4 aliphatic heterocycles. The Labute approximate surface area is 481 Å². The highest BCUT2D eigenvalue weighted by Gasteiger charge is 2.44. The van der Waals surface area contributed by atoms with Gasteiger partial charge in [0.2, 0.25) is 8.32 Å². The van der Waals surface area contributed by atoms with E-state index in [0.29, 0.717) is 39.4 Å². The molecule has 1 saturated heterocycles. The Kier molecular flexibility index (Phi) is 14.5. The molecule has 4 heterocycles. The fraction of sp³-hybridized carbons (Fsp3) is 0.343. The second-order valence-corrected chi connectivity index (χ2v) is 29.3. The average molecular weight is 1120 g/mol. The van der Waals surface area contributed by atoms with Crippen LogP contribution in [0.15, 0.2) is 121 Å². The van der Waals surface area contributed by atoms with Crippen molar-refractivity contribution in [1.29, 1.82) is 0 Å². The quantitative estimate of drug-likeness (QED) is 0.0395. The predicted octanol–water partition coefficient (Wildman–Crippen LogP) is 14.1. The molecule has 14 nitrogen and oxygen atoms in total. The number of amides is 6. The number of piperazine rings is 1. The van der Waals surface area contributed by atoms with E-state index in [4.69, 9.17) is 9.26 Å². The van der Waals surface area contributed by atoms with Crippen LogP contribution in [-0.2, 0) is 4.53 Å². The van der Waals surface area contributed by atoms with Crippen molar-refractivity contribution in [2.24, 2.45) is 0 Å². The van der Waals surface area contributed by atoms with Crippen LogP contribution in [0.4, 0.5) is 28.4 Å². The SMILES string of the molecule is CCCCCCCCN1C(=O)c2ccc3c4c(ccc(c24)C1=O)C(=O)N(c1cc(-c2ccc(N(O[Si](C)(C)C(C)(C)C)C(C)(C)C)cc2)cc(N2C(=O)c4cccc5c(N6CCN(c7ccc(OC)cc7)CC6)ccc(c45)C2=O)c1)C3=O. The Hall–Kier alpha value is -8.14. The van der Waals surface area contributed by atoms with Gasteiger partial charge in [-0.15, -0.1) is 0 Å². The molecule has 0 saturated carbocycles. The van der Waals surface area contributed by atoms with Gasteiger partial charge in [0.15, 0.2) is 0 Å². The summed E-state index contributed by atoms with van der Waals surface area (Å²) in [6.07, 6.45) is 5.94. The molecule has 11 rings (SSSR count). The fourth-order valence-electron chi connectivity index (χ4n) is 11.8. The second kappa shape index (κ2) is 21.3. The average Bonchev–Trinajstić information content (AvgIpc) is 1.69. The van der Waals surface area contributed by atoms with Gasteiger partial charge in [0.1, 0.15) is 5.75 Å². The van der Waals surface area contributed by atoms with Crippen LogP contribution in [0.25, 0.3) is 32.7 Å². The summed E-state index contributed by atoms with van der Waals surface area (Å²) in [4.78, 5) is 97.3. The molecule has 0 unspecified atom stereocenters. The Morgan fingerprint density at radius 3 is 1.51 bits per heavy atom. The van der Waals surface area contributed by atoms with Crippen molar-refractivity contribution in [3.8, 4) is 16.9 Å². The van der Waals surface area contributed by atoms with Gasteiger partial charge in [0.05, 0.1) is 29.7 Å². The largest absolute Gasteiger partial charge is 0.497 e. The number of nitrogens with zero attached hydrogens (tertiary/aromatic N) is 6. The summed E-state index contributed by atoms with van der Waals surface area (Å²) in [5.41, 5.74) is 5.43. The molecule has 7 aromatic rings. The standard InChI is InChI=1S/C67H72N6O8Si/c1-11-12-13-14-15-16-34-70-60(74)52-28-30-54-59-55(31-29-53(58(52)59)61(70)75)65(79)72(64(54)78)47-40-43(42-20-22-45(23-21-42)73(66(2,3)4)81-82(9,10)67(5,6)7)39-46(41-47)71-62(76)50-19-17-18-49-56(33-32-51(57(49)50)63(71)77)69-37-35-68(36-38-69)44-24-26-48(80-8)27-25-44/h17-33,39-41H,11-16,34-38H2,1-10H3. The molecule has 1 fully saturated rings. The highest BCUT2D eigenvalue weighted by atomic mass is 28.4. The van der Waals surface area contributed by atoms with Crippen LogP contribution in [0.5, 0.6) is 5.75 Å². The highest BCUT2D eigenvalue weighted by Crippen LogP contribution is 2.45. The molecular weight excluding hydrogens is 1040 g/mol. The molecule has 0 aliphatic carbocycles. The number of carbonyl (C=O) groups is 6. The van der Waals surface area contributed by atoms with Crippen molar-refractivity contribution >= 4 is 93.7 Å². The lowest BCUT2D eigenvalue weighted by Gasteiger charge is -2.45. The number of hydrogen-bond donors (Lipinski definition) is 0. The van der Waals surface area contributed by atoms with Gasteiger partial charge in [-0.25, -0.2) is 9.80 Å². The van der Waals surface area contributed by atoms with Gasteiger partial charge in [-0.2, -0.15) is 0 Å². The third-order valence-corrected chi connectivity index (χ3v) is 21.5. The number of unbranched alkanes of at least 4 members (excludes halogenated alkanes) is 5. The summed E-state index contributed by atoms with van der Waals surface area (Å²) in [5, 5.41) is 3.81. The Balaban J connectivity index is 0.969. The molecule has 82 heavy (non-hydrogen) atoms. The second-order valence-electron chi connectivity index (χ2n) is 24.6. The number of benzene rings is 7. The van der Waals surface area contributed by atoms with Crippen LogP contribution in [0.2, 0.25) is 18.1 Å². The Morgan fingerprint density at radius 2 is 0.988 bits per heavy atom. The molecular formula is C67H72N6O8Si. The minimum atomic E-state index is -2.31. The molecule has 0 aromatic heterocycles. The van der Waals surface area contributed by atoms with Crippen LogP contribution < -0.4 is 29.4 Å². The van der Waals surface area contributed by atoms with Crippen LogP contribution in [-0.4, -0.2) is 94.0 Å². The van der Waals surface area contributed by atoms with Gasteiger partial charge < -0.3 is 19.1 Å². The van der Waals surface area contributed by atoms with Gasteiger partial charge >= 0.3 is 0 Å². The predicted molar refractivity (Wildman–Crippen MR) is 329 cm³/mol. The van der Waals surface area contributed by atoms with Crippen LogP contribution >= 0.6 is 0 Å². The zero-order valence-electron chi connectivity index (χ0n) is 48.8. The van der Waals surface area contributed by atoms with Gasteiger partial charge in [-0.1, -0.05) is 84.1 Å². The monoisotopic (exact) mass is 1120 g/mol. The van der Waals surface area contributed by atoms with E-state index in [1.807, 2.05) is 59.7 Å². The number of rotatable bonds is 16. The third kappa shape index (κ3) is 9.70. The zero-order valence-corrected chi connectivity index (χ0v) is 49.8. The molecule has 422 valence electrons. The van der Waals surface area contributed by atoms with Crippen molar-refractivity contribution in [3.05, 3.63) is 155 Å². The van der Waals surface area contributed by atoms with Crippen molar-refractivity contribution < 1.29 is 38.0 Å². The number of anilines is 5. The number of hydroxylamine groups is 1. The summed E-state index contributed by atoms with van der Waals surface area (Å²) < 4.78 is 12.3. The molecule has 0 radical (unpaired) electrons. The Bertz CT molecular complexity index is 3670. The first kappa shape index (κ1) is 55.8. The highest BCUT2D eigenvalue weighted by molar-refractivity contribution is 6.74. The van der Waals surface area contributed by atoms with Crippen molar-refractivity contribution in [3.63, 3.8) is 0 Å². The lowest BCUT2D eigenvalue weighted by atomic mass is 9.85. The van der Waals surface area contributed by atoms with Crippen LogP contribution in [0, 0.1) is 0 Å². The van der Waals surface area contributed by atoms with Gasteiger partial charge in [0, 0.05) is 99.0 Å². The smallest absolute Gasteiger partial charge is 0.265 e. The van der Waals surface area contributed by atoms with Crippen LogP contribution in [0.1, 0.15) is 149 Å². The number of hydrogen-bond acceptors (Lipinski definition) is 11. The minimum absolute atomic E-state index is 0.0713. The lowest BCUT2D eigenvalue weighted by molar-refractivity contribution is 0.0605. The van der Waals surface area contributed by atoms with E-state index in [1.165, 1.54) is 4.90 Å². The lowest BCUT2D eigenvalue weighted by Crippen LogP contribution is -2.52. The van der Waals surface area contributed by atoms with Gasteiger partial charge in [-0.05, 0) is 154 Å².